The minimum Gasteiger partial charge on any atom is -0.490 e. The number of ether oxygens (including phenoxy) is 8. The molecule has 0 N–H and O–H groups in total. The first-order chi connectivity index (χ1) is 33.1. The van der Waals surface area contributed by atoms with Crippen molar-refractivity contribution in [3.8, 4) is 17.2 Å². The van der Waals surface area contributed by atoms with E-state index in [0.717, 1.165) is 29.5 Å². The molecule has 5 atom stereocenters. The molecule has 0 spiro atoms. The highest BCUT2D eigenvalue weighted by Gasteiger charge is 2.44. The molecule has 15 heteroatoms. The van der Waals surface area contributed by atoms with Crippen molar-refractivity contribution in [2.75, 3.05) is 39.8 Å². The van der Waals surface area contributed by atoms with Crippen LogP contribution in [0.15, 0.2) is 164 Å². The lowest BCUT2D eigenvalue weighted by Gasteiger charge is -2.20. The lowest BCUT2D eigenvalue weighted by Crippen LogP contribution is -2.29. The molecule has 352 valence electrons. The van der Waals surface area contributed by atoms with Gasteiger partial charge in [0, 0.05) is 48.7 Å². The maximum absolute atomic E-state index is 13.6. The van der Waals surface area contributed by atoms with E-state index >= 15 is 0 Å². The van der Waals surface area contributed by atoms with Crippen LogP contribution in [0.25, 0.3) is 0 Å². The van der Waals surface area contributed by atoms with Gasteiger partial charge in [-0.3, -0.25) is 0 Å². The molecule has 3 aromatic rings. The molecular weight excluding hydrogens is 873 g/mol. The molecule has 1 fully saturated rings. The van der Waals surface area contributed by atoms with E-state index in [1.807, 2.05) is 12.2 Å². The van der Waals surface area contributed by atoms with Crippen LogP contribution in [0.2, 0.25) is 0 Å². The minimum atomic E-state index is -0.755. The van der Waals surface area contributed by atoms with Crippen molar-refractivity contribution in [2.24, 2.45) is 33.9 Å². The zero-order valence-corrected chi connectivity index (χ0v) is 37.4. The van der Waals surface area contributed by atoms with Crippen LogP contribution in [0.3, 0.4) is 0 Å². The summed E-state index contributed by atoms with van der Waals surface area (Å²) in [7, 11) is 0. The highest BCUT2D eigenvalue weighted by molar-refractivity contribution is 5.97. The van der Waals surface area contributed by atoms with E-state index in [9.17, 15) is 24.0 Å². The van der Waals surface area contributed by atoms with Crippen molar-refractivity contribution in [3.63, 3.8) is 0 Å². The lowest BCUT2D eigenvalue weighted by molar-refractivity contribution is -0.148. The second-order valence-electron chi connectivity index (χ2n) is 15.4. The predicted molar refractivity (Wildman–Crippen MR) is 252 cm³/mol. The van der Waals surface area contributed by atoms with Crippen molar-refractivity contribution in [3.05, 3.63) is 176 Å². The van der Waals surface area contributed by atoms with Gasteiger partial charge in [0.2, 0.25) is 6.79 Å². The number of carbonyl (C=O) groups excluding carboxylic acids is 5. The number of rotatable bonds is 25. The molecule has 0 bridgehead atoms. The zero-order valence-electron chi connectivity index (χ0n) is 37.4. The first-order valence-electron chi connectivity index (χ1n) is 21.9. The van der Waals surface area contributed by atoms with E-state index in [4.69, 9.17) is 43.0 Å². The number of allylic oxidation sites excluding steroid dienone is 8. The molecule has 0 heterocycles. The summed E-state index contributed by atoms with van der Waals surface area (Å²) in [5.41, 5.74) is 2.73. The molecule has 5 unspecified atom stereocenters. The quantitative estimate of drug-likeness (QED) is 0.0117. The molecule has 1 saturated carbocycles. The van der Waals surface area contributed by atoms with Gasteiger partial charge < -0.3 is 37.9 Å². The number of hydrogen-bond donors (Lipinski definition) is 0. The van der Waals surface area contributed by atoms with Crippen molar-refractivity contribution >= 4 is 41.8 Å². The molecule has 68 heavy (non-hydrogen) atoms. The average molecular weight is 925 g/mol. The molecule has 0 radical (unpaired) electrons. The molecule has 0 saturated heterocycles. The van der Waals surface area contributed by atoms with Gasteiger partial charge in [-0.2, -0.15) is 10.2 Å². The molecule has 3 aliphatic carbocycles. The summed E-state index contributed by atoms with van der Waals surface area (Å²) >= 11 is 0. The monoisotopic (exact) mass is 924 g/mol. The van der Waals surface area contributed by atoms with Crippen LogP contribution in [0.4, 0.5) is 0 Å². The van der Waals surface area contributed by atoms with Crippen LogP contribution < -0.4 is 14.2 Å². The fourth-order valence-electron chi connectivity index (χ4n) is 7.40. The third kappa shape index (κ3) is 14.5. The number of carbonyl (C=O) groups is 5. The van der Waals surface area contributed by atoms with E-state index in [0.29, 0.717) is 48.5 Å². The van der Waals surface area contributed by atoms with Crippen molar-refractivity contribution in [2.45, 2.75) is 25.4 Å². The van der Waals surface area contributed by atoms with Gasteiger partial charge >= 0.3 is 29.8 Å². The summed E-state index contributed by atoms with van der Waals surface area (Å²) in [6, 6.07) is 17.7. The van der Waals surface area contributed by atoms with Crippen LogP contribution in [0.1, 0.15) is 44.7 Å². The molecule has 3 aromatic carbocycles. The Labute approximate surface area is 394 Å². The van der Waals surface area contributed by atoms with E-state index in [2.05, 4.69) is 61.3 Å². The third-order valence-electron chi connectivity index (χ3n) is 10.8. The summed E-state index contributed by atoms with van der Waals surface area (Å²) in [4.78, 5) is 60.9. The Morgan fingerprint density at radius 3 is 1.88 bits per heavy atom. The zero-order chi connectivity index (χ0) is 48.1. The predicted octanol–water partition coefficient (Wildman–Crippen LogP) is 7.88. The first-order valence-corrected chi connectivity index (χ1v) is 21.9. The molecule has 6 rings (SSSR count). The maximum atomic E-state index is 13.6. The fourth-order valence-corrected chi connectivity index (χ4v) is 7.40. The Morgan fingerprint density at radius 1 is 0.618 bits per heavy atom. The largest absolute Gasteiger partial charge is 0.490 e. The van der Waals surface area contributed by atoms with Gasteiger partial charge in [-0.25, -0.2) is 24.0 Å². The highest BCUT2D eigenvalue weighted by Crippen LogP contribution is 2.45. The summed E-state index contributed by atoms with van der Waals surface area (Å²) in [5, 5.41) is 9.28. The Bertz CT molecular complexity index is 2450. The molecule has 0 aliphatic heterocycles. The highest BCUT2D eigenvalue weighted by atomic mass is 16.7. The first kappa shape index (κ1) is 49.5. The van der Waals surface area contributed by atoms with Crippen LogP contribution in [0.5, 0.6) is 17.2 Å². The lowest BCUT2D eigenvalue weighted by atomic mass is 9.83. The van der Waals surface area contributed by atoms with Gasteiger partial charge in [-0.1, -0.05) is 74.4 Å². The maximum Gasteiger partial charge on any atom is 0.343 e. The minimum absolute atomic E-state index is 0.0396. The smallest absolute Gasteiger partial charge is 0.343 e. The molecule has 0 amide bonds. The van der Waals surface area contributed by atoms with Gasteiger partial charge in [0.25, 0.3) is 0 Å². The van der Waals surface area contributed by atoms with Crippen molar-refractivity contribution in [1.82, 2.24) is 0 Å². The van der Waals surface area contributed by atoms with Crippen LogP contribution in [0, 0.1) is 23.7 Å². The second kappa shape index (κ2) is 25.7. The number of nitrogens with zero attached hydrogens (tertiary/aromatic N) is 2. The van der Waals surface area contributed by atoms with Crippen LogP contribution >= 0.6 is 0 Å². The molecule has 3 aliphatic rings. The topological polar surface area (TPSA) is 184 Å². The fraction of sp³-hybridized carbons (Fsp3) is 0.264. The van der Waals surface area contributed by atoms with Gasteiger partial charge in [-0.15, -0.1) is 0 Å². The SMILES string of the molecule is C=CC(=O)OCCCCOCC(COc1ccc(C(=O)Oc2ccc(CCOC(=O)c3ccc(OCOC(=O)C=C)cc3)cc2/C=N/N=C2C3C=CC=CC3C3C=CC=CC23)cc1)OC(=O)C=C. The standard InChI is InChI=1S/C53H52N2O13/c1-4-48(56)62-29-12-11-28-61-33-42(67-50(58)6-3)34-64-40-22-20-38(21-23-40)53(60)68-47-26-17-36(27-30-63-52(59)37-18-24-41(25-19-37)65-35-66-49(57)5-2)31-39(47)32-54-55-51-45-15-9-7-13-43(45)44-14-8-10-16-46(44)51/h4-10,13-26,31-32,42-46H,1-3,11-12,27-30,33-35H2/b54-32+,55-51?. The van der Waals surface area contributed by atoms with Gasteiger partial charge in [0.15, 0.2) is 6.10 Å². The Kier molecular flexibility index (Phi) is 18.7. The second-order valence-corrected chi connectivity index (χ2v) is 15.4. The Morgan fingerprint density at radius 2 is 1.22 bits per heavy atom. The normalized spacial score (nSPS) is 17.8. The Hall–Kier alpha value is -7.91. The van der Waals surface area contributed by atoms with E-state index in [-0.39, 0.29) is 68.2 Å². The van der Waals surface area contributed by atoms with Gasteiger partial charge in [-0.05, 0) is 90.9 Å². The van der Waals surface area contributed by atoms with Crippen LogP contribution in [-0.2, 0) is 44.5 Å². The number of esters is 5. The van der Waals surface area contributed by atoms with E-state index in [1.54, 1.807) is 60.8 Å². The van der Waals surface area contributed by atoms with E-state index < -0.39 is 36.0 Å². The van der Waals surface area contributed by atoms with Crippen molar-refractivity contribution < 1.29 is 61.9 Å². The van der Waals surface area contributed by atoms with Gasteiger partial charge in [0.1, 0.15) is 23.9 Å². The number of unbranched alkanes of at least 4 members (excludes halogenated alkanes) is 1. The van der Waals surface area contributed by atoms with Crippen LogP contribution in [-0.4, -0.2) is 87.7 Å². The number of benzene rings is 3. The third-order valence-corrected chi connectivity index (χ3v) is 10.8. The number of fused-ring (bicyclic) bond motifs is 3. The molecule has 0 aromatic heterocycles. The summed E-state index contributed by atoms with van der Waals surface area (Å²) in [5.74, 6) is -1.17. The van der Waals surface area contributed by atoms with Crippen molar-refractivity contribution in [1.29, 1.82) is 0 Å². The molecular formula is C53H52N2O13. The summed E-state index contributed by atoms with van der Waals surface area (Å²) < 4.78 is 43.5. The average Bonchev–Trinajstić information content (AvgIpc) is 3.68. The van der Waals surface area contributed by atoms with Gasteiger partial charge in [0.05, 0.1) is 42.9 Å². The summed E-state index contributed by atoms with van der Waals surface area (Å²) in [6.07, 6.45) is 22.4. The van der Waals surface area contributed by atoms with E-state index in [1.165, 1.54) is 12.1 Å². The molecule has 15 nitrogen and oxygen atoms in total. The summed E-state index contributed by atoms with van der Waals surface area (Å²) in [6.45, 7) is 10.5. The number of hydrogen-bond acceptors (Lipinski definition) is 15. The Balaban J connectivity index is 1.09.